The minimum absolute atomic E-state index is 0.749. The second-order valence-corrected chi connectivity index (χ2v) is 13.4. The SMILES string of the molecule is CCCCCCCCOc1ccc2cc(CCCC)ccc2c1-c1c(OCCCCCCCC)ccc2cc(CCCC)ccc12. The molecule has 0 saturated heterocycles. The average molecular weight is 623 g/mol. The van der Waals surface area contributed by atoms with Crippen LogP contribution in [-0.4, -0.2) is 13.2 Å². The van der Waals surface area contributed by atoms with Crippen LogP contribution in [0.5, 0.6) is 11.5 Å². The Morgan fingerprint density at radius 1 is 0.391 bits per heavy atom. The first-order chi connectivity index (χ1) is 22.7. The van der Waals surface area contributed by atoms with E-state index >= 15 is 0 Å². The van der Waals surface area contributed by atoms with Gasteiger partial charge in [0.1, 0.15) is 11.5 Å². The Bertz CT molecular complexity index is 1340. The van der Waals surface area contributed by atoms with E-state index in [0.717, 1.165) is 50.4 Å². The van der Waals surface area contributed by atoms with Crippen LogP contribution in [0, 0.1) is 0 Å². The summed E-state index contributed by atoms with van der Waals surface area (Å²) in [6.07, 6.45) is 22.2. The maximum Gasteiger partial charge on any atom is 0.127 e. The van der Waals surface area contributed by atoms with Crippen molar-refractivity contribution in [3.8, 4) is 22.6 Å². The number of unbranched alkanes of at least 4 members (excludes halogenated alkanes) is 12. The highest BCUT2D eigenvalue weighted by atomic mass is 16.5. The molecule has 0 aliphatic rings. The fourth-order valence-electron chi connectivity index (χ4n) is 6.68. The van der Waals surface area contributed by atoms with Gasteiger partial charge < -0.3 is 9.47 Å². The number of ether oxygens (including phenoxy) is 2. The molecule has 0 spiro atoms. The smallest absolute Gasteiger partial charge is 0.127 e. The Balaban J connectivity index is 1.75. The van der Waals surface area contributed by atoms with Gasteiger partial charge in [0.2, 0.25) is 0 Å². The van der Waals surface area contributed by atoms with Crippen molar-refractivity contribution in [3.05, 3.63) is 71.8 Å². The lowest BCUT2D eigenvalue weighted by Gasteiger charge is -2.20. The number of benzene rings is 4. The average Bonchev–Trinajstić information content (AvgIpc) is 3.08. The Hall–Kier alpha value is -3.00. The highest BCUT2D eigenvalue weighted by molar-refractivity contribution is 6.10. The van der Waals surface area contributed by atoms with Gasteiger partial charge in [0.05, 0.1) is 13.2 Å². The summed E-state index contributed by atoms with van der Waals surface area (Å²) < 4.78 is 13.4. The minimum atomic E-state index is 0.749. The fourth-order valence-corrected chi connectivity index (χ4v) is 6.68. The summed E-state index contributed by atoms with van der Waals surface area (Å²) in [4.78, 5) is 0. The predicted molar refractivity (Wildman–Crippen MR) is 202 cm³/mol. The summed E-state index contributed by atoms with van der Waals surface area (Å²) in [6, 6.07) is 23.2. The molecule has 4 aromatic rings. The molecule has 0 heterocycles. The normalized spacial score (nSPS) is 11.5. The number of hydrogen-bond acceptors (Lipinski definition) is 2. The van der Waals surface area contributed by atoms with Crippen LogP contribution in [0.25, 0.3) is 32.7 Å². The van der Waals surface area contributed by atoms with Crippen molar-refractivity contribution in [2.45, 2.75) is 143 Å². The van der Waals surface area contributed by atoms with Gasteiger partial charge in [0.15, 0.2) is 0 Å². The van der Waals surface area contributed by atoms with E-state index < -0.39 is 0 Å². The fraction of sp³-hybridized carbons (Fsp3) is 0.545. The van der Waals surface area contributed by atoms with Gasteiger partial charge in [0.25, 0.3) is 0 Å². The Labute approximate surface area is 281 Å². The third kappa shape index (κ3) is 10.5. The largest absolute Gasteiger partial charge is 0.493 e. The zero-order valence-electron chi connectivity index (χ0n) is 29.7. The van der Waals surface area contributed by atoms with Crippen molar-refractivity contribution in [3.63, 3.8) is 0 Å². The standard InChI is InChI=1S/C44H62O2/c1-5-9-13-15-17-19-31-45-41-29-25-37-33-35(21-11-7-3)23-27-39(37)43(41)44-40-28-24-36(22-12-8-4)34-38(40)26-30-42(44)46-32-20-18-16-14-10-6-2/h23-30,33-34H,5-22,31-32H2,1-4H3. The summed E-state index contributed by atoms with van der Waals surface area (Å²) in [7, 11) is 0. The van der Waals surface area contributed by atoms with Crippen molar-refractivity contribution < 1.29 is 9.47 Å². The van der Waals surface area contributed by atoms with Crippen LogP contribution in [-0.2, 0) is 12.8 Å². The van der Waals surface area contributed by atoms with Crippen LogP contribution in [0.2, 0.25) is 0 Å². The summed E-state index contributed by atoms with van der Waals surface area (Å²) in [5, 5.41) is 5.09. The molecule has 2 heteroatoms. The number of rotatable bonds is 23. The molecule has 0 aromatic heterocycles. The van der Waals surface area contributed by atoms with Crippen LogP contribution < -0.4 is 9.47 Å². The van der Waals surface area contributed by atoms with Crippen molar-refractivity contribution >= 4 is 21.5 Å². The number of aryl methyl sites for hydroxylation is 2. The number of fused-ring (bicyclic) bond motifs is 2. The highest BCUT2D eigenvalue weighted by Gasteiger charge is 2.20. The van der Waals surface area contributed by atoms with Gasteiger partial charge in [-0.1, -0.05) is 153 Å². The van der Waals surface area contributed by atoms with Crippen molar-refractivity contribution in [2.75, 3.05) is 13.2 Å². The molecule has 2 nitrogen and oxygen atoms in total. The zero-order valence-corrected chi connectivity index (χ0v) is 29.7. The van der Waals surface area contributed by atoms with Gasteiger partial charge in [-0.15, -0.1) is 0 Å². The second-order valence-electron chi connectivity index (χ2n) is 13.4. The lowest BCUT2D eigenvalue weighted by atomic mass is 9.90. The first kappa shape index (κ1) is 35.8. The van der Waals surface area contributed by atoms with Gasteiger partial charge in [-0.2, -0.15) is 0 Å². The minimum Gasteiger partial charge on any atom is -0.493 e. The Kier molecular flexibility index (Phi) is 15.8. The molecule has 4 rings (SSSR count). The quantitative estimate of drug-likeness (QED) is 0.0766. The molecule has 0 amide bonds. The van der Waals surface area contributed by atoms with Crippen LogP contribution >= 0.6 is 0 Å². The second kappa shape index (κ2) is 20.3. The Morgan fingerprint density at radius 2 is 0.783 bits per heavy atom. The molecular weight excluding hydrogens is 560 g/mol. The van der Waals surface area contributed by atoms with Gasteiger partial charge in [-0.05, 0) is 83.3 Å². The van der Waals surface area contributed by atoms with Crippen molar-refractivity contribution in [1.29, 1.82) is 0 Å². The maximum atomic E-state index is 6.71. The van der Waals surface area contributed by atoms with Gasteiger partial charge in [0, 0.05) is 11.1 Å². The molecule has 4 aromatic carbocycles. The topological polar surface area (TPSA) is 18.5 Å². The van der Waals surface area contributed by atoms with E-state index in [1.54, 1.807) is 0 Å². The van der Waals surface area contributed by atoms with Crippen LogP contribution in [0.3, 0.4) is 0 Å². The summed E-state index contributed by atoms with van der Waals surface area (Å²) in [5.41, 5.74) is 5.21. The lowest BCUT2D eigenvalue weighted by Crippen LogP contribution is -2.03. The van der Waals surface area contributed by atoms with Crippen molar-refractivity contribution in [2.24, 2.45) is 0 Å². The van der Waals surface area contributed by atoms with E-state index in [0.29, 0.717) is 0 Å². The van der Waals surface area contributed by atoms with Crippen LogP contribution in [0.4, 0.5) is 0 Å². The highest BCUT2D eigenvalue weighted by Crippen LogP contribution is 2.46. The molecule has 0 N–H and O–H groups in total. The van der Waals surface area contributed by atoms with E-state index in [-0.39, 0.29) is 0 Å². The van der Waals surface area contributed by atoms with E-state index in [2.05, 4.69) is 88.4 Å². The van der Waals surface area contributed by atoms with Crippen LogP contribution in [0.1, 0.15) is 142 Å². The molecule has 0 saturated carbocycles. The van der Waals surface area contributed by atoms with Gasteiger partial charge in [-0.3, -0.25) is 0 Å². The van der Waals surface area contributed by atoms with Crippen molar-refractivity contribution in [1.82, 2.24) is 0 Å². The predicted octanol–water partition coefficient (Wildman–Crippen LogP) is 13.8. The van der Waals surface area contributed by atoms with Gasteiger partial charge >= 0.3 is 0 Å². The summed E-state index contributed by atoms with van der Waals surface area (Å²) in [5.74, 6) is 1.96. The van der Waals surface area contributed by atoms with E-state index in [4.69, 9.17) is 9.47 Å². The van der Waals surface area contributed by atoms with E-state index in [9.17, 15) is 0 Å². The third-order valence-corrected chi connectivity index (χ3v) is 9.49. The summed E-state index contributed by atoms with van der Waals surface area (Å²) >= 11 is 0. The first-order valence-electron chi connectivity index (χ1n) is 19.1. The molecule has 0 bridgehead atoms. The molecular formula is C44H62O2. The molecule has 0 fully saturated rings. The maximum absolute atomic E-state index is 6.71. The molecule has 0 aliphatic heterocycles. The lowest BCUT2D eigenvalue weighted by molar-refractivity contribution is 0.302. The molecule has 0 unspecified atom stereocenters. The molecule has 46 heavy (non-hydrogen) atoms. The van der Waals surface area contributed by atoms with Gasteiger partial charge in [-0.25, -0.2) is 0 Å². The van der Waals surface area contributed by atoms with E-state index in [1.807, 2.05) is 0 Å². The van der Waals surface area contributed by atoms with Crippen LogP contribution in [0.15, 0.2) is 60.7 Å². The molecule has 0 aliphatic carbocycles. The zero-order chi connectivity index (χ0) is 32.4. The van der Waals surface area contributed by atoms with E-state index in [1.165, 1.54) is 134 Å². The third-order valence-electron chi connectivity index (χ3n) is 9.49. The molecule has 0 radical (unpaired) electrons. The Morgan fingerprint density at radius 3 is 1.20 bits per heavy atom. The number of hydrogen-bond donors (Lipinski definition) is 0. The summed E-state index contributed by atoms with van der Waals surface area (Å²) in [6.45, 7) is 10.6. The molecule has 0 atom stereocenters. The monoisotopic (exact) mass is 622 g/mol. The first-order valence-corrected chi connectivity index (χ1v) is 19.1. The molecule has 250 valence electrons.